The van der Waals surface area contributed by atoms with Gasteiger partial charge in [0.1, 0.15) is 0 Å². The lowest BCUT2D eigenvalue weighted by Crippen LogP contribution is -2.16. The van der Waals surface area contributed by atoms with Gasteiger partial charge in [-0.15, -0.1) is 0 Å². The predicted octanol–water partition coefficient (Wildman–Crippen LogP) is 16.8. The van der Waals surface area contributed by atoms with E-state index in [4.69, 9.17) is 0 Å². The number of fused-ring (bicyclic) bond motifs is 17. The van der Waals surface area contributed by atoms with E-state index >= 15 is 0 Å². The third kappa shape index (κ3) is 5.54. The van der Waals surface area contributed by atoms with Crippen LogP contribution in [0, 0.1) is 0 Å². The molecule has 0 radical (unpaired) electrons. The van der Waals surface area contributed by atoms with E-state index in [1.165, 1.54) is 60.5 Å². The van der Waals surface area contributed by atoms with Gasteiger partial charge in [-0.1, -0.05) is 153 Å². The molecule has 1 aliphatic carbocycles. The molecular weight excluding hydrogens is 775 g/mol. The molecule has 0 fully saturated rings. The van der Waals surface area contributed by atoms with Gasteiger partial charge < -0.3 is 14.4 Å². The van der Waals surface area contributed by atoms with Crippen LogP contribution in [-0.4, -0.2) is 4.57 Å². The Kier molecular flexibility index (Phi) is 7.95. The van der Waals surface area contributed by atoms with Crippen molar-refractivity contribution in [2.75, 3.05) is 9.80 Å². The second kappa shape index (κ2) is 13.9. The topological polar surface area (TPSA) is 11.4 Å². The van der Waals surface area contributed by atoms with Crippen LogP contribution in [0.2, 0.25) is 0 Å². The number of anilines is 6. The molecule has 11 aromatic rings. The number of hydrogen-bond acceptors (Lipinski definition) is 2. The van der Waals surface area contributed by atoms with Crippen molar-refractivity contribution in [3.8, 4) is 39.1 Å². The molecule has 0 N–H and O–H groups in total. The first kappa shape index (κ1) is 36.5. The van der Waals surface area contributed by atoms with Crippen molar-refractivity contribution in [1.82, 2.24) is 4.57 Å². The minimum atomic E-state index is -0.113. The highest BCUT2D eigenvalue weighted by molar-refractivity contribution is 6.11. The maximum absolute atomic E-state index is 2.46. The van der Waals surface area contributed by atoms with E-state index < -0.39 is 0 Å². The minimum Gasteiger partial charge on any atom is -0.310 e. The first-order valence-corrected chi connectivity index (χ1v) is 22.3. The van der Waals surface area contributed by atoms with Gasteiger partial charge in [-0.05, 0) is 135 Å². The molecular formula is C61H43N3. The summed E-state index contributed by atoms with van der Waals surface area (Å²) < 4.78 is 2.46. The smallest absolute Gasteiger partial charge is 0.0562 e. The van der Waals surface area contributed by atoms with Gasteiger partial charge >= 0.3 is 0 Å². The van der Waals surface area contributed by atoms with Gasteiger partial charge in [0.25, 0.3) is 0 Å². The molecule has 0 saturated carbocycles. The van der Waals surface area contributed by atoms with Gasteiger partial charge in [0.15, 0.2) is 0 Å². The molecule has 0 unspecified atom stereocenters. The molecule has 8 bridgehead atoms. The number of nitrogens with zero attached hydrogens (tertiary/aromatic N) is 3. The normalized spacial score (nSPS) is 13.5. The van der Waals surface area contributed by atoms with Crippen LogP contribution >= 0.6 is 0 Å². The van der Waals surface area contributed by atoms with E-state index in [0.29, 0.717) is 0 Å². The van der Waals surface area contributed by atoms with Gasteiger partial charge in [0.2, 0.25) is 0 Å². The number of aromatic nitrogens is 1. The predicted molar refractivity (Wildman–Crippen MR) is 270 cm³/mol. The van der Waals surface area contributed by atoms with Gasteiger partial charge in [-0.25, -0.2) is 0 Å². The second-order valence-electron chi connectivity index (χ2n) is 17.8. The maximum Gasteiger partial charge on any atom is 0.0562 e. The molecule has 0 atom stereocenters. The van der Waals surface area contributed by atoms with Crippen LogP contribution in [0.15, 0.2) is 224 Å². The molecule has 64 heavy (non-hydrogen) atoms. The summed E-state index contributed by atoms with van der Waals surface area (Å²) in [6.45, 7) is 4.72. The van der Waals surface area contributed by atoms with Crippen molar-refractivity contribution in [2.45, 2.75) is 19.3 Å². The third-order valence-electron chi connectivity index (χ3n) is 13.8. The summed E-state index contributed by atoms with van der Waals surface area (Å²) in [6, 6.07) is 83.2. The summed E-state index contributed by atoms with van der Waals surface area (Å²) in [5.74, 6) is 0. The van der Waals surface area contributed by atoms with E-state index in [-0.39, 0.29) is 5.41 Å². The fraction of sp³-hybridized carbons (Fsp3) is 0.0492. The molecule has 1 aromatic heterocycles. The molecule has 0 saturated heterocycles. The van der Waals surface area contributed by atoms with Crippen molar-refractivity contribution in [1.29, 1.82) is 0 Å². The Balaban J connectivity index is 1.01. The first-order valence-electron chi connectivity index (χ1n) is 22.3. The Hall–Kier alpha value is -8.14. The minimum absolute atomic E-state index is 0.113. The lowest BCUT2D eigenvalue weighted by Gasteiger charge is -2.29. The SMILES string of the molecule is CC1(C)c2ccccc2-c2ccc(N3c4cccc(c4)-c4cccc(c4)N(c4ccc5c6ccccc6n(-c6cccc7ccccc67)c5c4)c4cccc(c4)-c4cccc3c4)cc21. The molecule has 2 heterocycles. The van der Waals surface area contributed by atoms with Crippen LogP contribution in [0.25, 0.3) is 71.6 Å². The molecule has 3 heteroatoms. The number of hydrogen-bond donors (Lipinski definition) is 0. The maximum atomic E-state index is 2.46. The molecule has 2 aliphatic rings. The monoisotopic (exact) mass is 817 g/mol. The first-order chi connectivity index (χ1) is 31.5. The van der Waals surface area contributed by atoms with E-state index in [1.54, 1.807) is 0 Å². The zero-order valence-electron chi connectivity index (χ0n) is 35.7. The summed E-state index contributed by atoms with van der Waals surface area (Å²) in [6.07, 6.45) is 0. The molecule has 0 spiro atoms. The second-order valence-corrected chi connectivity index (χ2v) is 17.8. The van der Waals surface area contributed by atoms with Crippen LogP contribution in [0.1, 0.15) is 25.0 Å². The van der Waals surface area contributed by atoms with Crippen LogP contribution in [0.3, 0.4) is 0 Å². The quantitative estimate of drug-likeness (QED) is 0.176. The highest BCUT2D eigenvalue weighted by Crippen LogP contribution is 2.51. The lowest BCUT2D eigenvalue weighted by atomic mass is 9.82. The number of benzene rings is 10. The third-order valence-corrected chi connectivity index (χ3v) is 13.8. The van der Waals surface area contributed by atoms with Crippen LogP contribution in [0.5, 0.6) is 0 Å². The summed E-state index contributed by atoms with van der Waals surface area (Å²) in [4.78, 5) is 4.86. The Bertz CT molecular complexity index is 3590. The fourth-order valence-corrected chi connectivity index (χ4v) is 10.8. The van der Waals surface area contributed by atoms with Crippen molar-refractivity contribution in [3.63, 3.8) is 0 Å². The van der Waals surface area contributed by atoms with Crippen molar-refractivity contribution < 1.29 is 0 Å². The zero-order valence-corrected chi connectivity index (χ0v) is 35.7. The van der Waals surface area contributed by atoms with Crippen LogP contribution < -0.4 is 9.80 Å². The average Bonchev–Trinajstić information content (AvgIpc) is 3.79. The summed E-state index contributed by atoms with van der Waals surface area (Å²) in [7, 11) is 0. The molecule has 1 aliphatic heterocycles. The number of rotatable bonds is 3. The van der Waals surface area contributed by atoms with Gasteiger partial charge in [-0.3, -0.25) is 0 Å². The van der Waals surface area contributed by atoms with Crippen molar-refractivity contribution in [3.05, 3.63) is 236 Å². The fourth-order valence-electron chi connectivity index (χ4n) is 10.8. The van der Waals surface area contributed by atoms with Gasteiger partial charge in [0.05, 0.1) is 16.7 Å². The lowest BCUT2D eigenvalue weighted by molar-refractivity contribution is 0.660. The van der Waals surface area contributed by atoms with E-state index in [1.807, 2.05) is 0 Å². The molecule has 10 aromatic carbocycles. The Morgan fingerprint density at radius 3 is 1.44 bits per heavy atom. The summed E-state index contributed by atoms with van der Waals surface area (Å²) >= 11 is 0. The Morgan fingerprint density at radius 2 is 0.781 bits per heavy atom. The standard InChI is InChI=1S/C61H43N3/c1-61(2)56-27-7-5-25-52(56)53-32-30-49(38-57(53)61)62-45-20-9-16-41(34-45)43-18-11-22-47(36-43)63(48-23-12-19-44(37-48)42-17-10-21-46(62)35-42)50-31-33-55-54-26-6-8-28-59(54)64(60(55)39-50)58-29-13-15-40-14-3-4-24-51(40)58/h3-39H,1-2H3. The summed E-state index contributed by atoms with van der Waals surface area (Å²) in [5.41, 5.74) is 20.1. The molecule has 3 nitrogen and oxygen atoms in total. The highest BCUT2D eigenvalue weighted by Gasteiger charge is 2.36. The molecule has 302 valence electrons. The average molecular weight is 818 g/mol. The molecule has 0 amide bonds. The summed E-state index contributed by atoms with van der Waals surface area (Å²) in [5, 5.41) is 4.92. The van der Waals surface area contributed by atoms with Crippen LogP contribution in [0.4, 0.5) is 34.1 Å². The van der Waals surface area contributed by atoms with Gasteiger partial charge in [0, 0.05) is 55.7 Å². The zero-order chi connectivity index (χ0) is 42.5. The largest absolute Gasteiger partial charge is 0.310 e. The van der Waals surface area contributed by atoms with E-state index in [2.05, 4.69) is 253 Å². The Morgan fingerprint density at radius 1 is 0.312 bits per heavy atom. The van der Waals surface area contributed by atoms with Gasteiger partial charge in [-0.2, -0.15) is 0 Å². The molecule has 13 rings (SSSR count). The van der Waals surface area contributed by atoms with Crippen LogP contribution in [-0.2, 0) is 5.41 Å². The Labute approximate surface area is 373 Å². The highest BCUT2D eigenvalue weighted by atomic mass is 15.2. The van der Waals surface area contributed by atoms with E-state index in [0.717, 1.165) is 56.4 Å². The van der Waals surface area contributed by atoms with E-state index in [9.17, 15) is 0 Å². The number of para-hydroxylation sites is 1. The van der Waals surface area contributed by atoms with Crippen molar-refractivity contribution >= 4 is 66.7 Å². The van der Waals surface area contributed by atoms with Crippen molar-refractivity contribution in [2.24, 2.45) is 0 Å².